The van der Waals surface area contributed by atoms with E-state index in [1.165, 1.54) is 12.1 Å². The summed E-state index contributed by atoms with van der Waals surface area (Å²) in [5.74, 6) is -0.397. The zero-order valence-electron chi connectivity index (χ0n) is 10.0. The molecule has 0 bridgehead atoms. The Labute approximate surface area is 101 Å². The fourth-order valence-electron chi connectivity index (χ4n) is 1.19. The predicted octanol–water partition coefficient (Wildman–Crippen LogP) is 2.00. The van der Waals surface area contributed by atoms with Crippen molar-refractivity contribution in [1.29, 1.82) is 0 Å². The lowest BCUT2D eigenvalue weighted by atomic mass is 10.2. The van der Waals surface area contributed by atoms with Crippen LogP contribution in [0.25, 0.3) is 0 Å². The molecule has 1 aromatic rings. The van der Waals surface area contributed by atoms with Crippen molar-refractivity contribution in [2.45, 2.75) is 25.7 Å². The summed E-state index contributed by atoms with van der Waals surface area (Å²) in [6.07, 6.45) is 0. The number of hydrogen-bond acceptors (Lipinski definition) is 3. The summed E-state index contributed by atoms with van der Waals surface area (Å²) in [6.45, 7) is 5.63. The molecule has 0 amide bonds. The molecule has 0 saturated carbocycles. The van der Waals surface area contributed by atoms with Gasteiger partial charge >= 0.3 is 0 Å². The second-order valence-electron chi connectivity index (χ2n) is 4.20. The highest BCUT2D eigenvalue weighted by Crippen LogP contribution is 2.16. The molecule has 0 aliphatic rings. The lowest BCUT2D eigenvalue weighted by molar-refractivity contribution is 0.0718. The lowest BCUT2D eigenvalue weighted by Crippen LogP contribution is -2.26. The van der Waals surface area contributed by atoms with Crippen LogP contribution in [0.5, 0.6) is 0 Å². The normalized spacial score (nSPS) is 12.1. The number of halogens is 1. The van der Waals surface area contributed by atoms with E-state index in [1.807, 2.05) is 18.7 Å². The monoisotopic (exact) mass is 261 g/mol. The third-order valence-electron chi connectivity index (χ3n) is 2.03. The SMILES string of the molecule is Cc1ccc(F)cc1S(=O)(=O)NOCC(C)C. The Kier molecular flexibility index (Phi) is 4.62. The van der Waals surface area contributed by atoms with Crippen LogP contribution in [0.15, 0.2) is 23.1 Å². The zero-order chi connectivity index (χ0) is 13.1. The van der Waals surface area contributed by atoms with E-state index in [0.717, 1.165) is 6.07 Å². The van der Waals surface area contributed by atoms with Crippen LogP contribution >= 0.6 is 0 Å². The van der Waals surface area contributed by atoms with Crippen molar-refractivity contribution in [3.63, 3.8) is 0 Å². The first-order chi connectivity index (χ1) is 7.83. The second kappa shape index (κ2) is 5.57. The Balaban J connectivity index is 2.86. The van der Waals surface area contributed by atoms with Crippen molar-refractivity contribution in [2.75, 3.05) is 6.61 Å². The van der Waals surface area contributed by atoms with E-state index < -0.39 is 15.8 Å². The number of nitrogens with one attached hydrogen (secondary N) is 1. The molecule has 0 saturated heterocycles. The highest BCUT2D eigenvalue weighted by Gasteiger charge is 2.17. The molecular weight excluding hydrogens is 245 g/mol. The van der Waals surface area contributed by atoms with Gasteiger partial charge in [-0.15, -0.1) is 0 Å². The Morgan fingerprint density at radius 1 is 1.41 bits per heavy atom. The fraction of sp³-hybridized carbons (Fsp3) is 0.455. The molecule has 1 rings (SSSR count). The van der Waals surface area contributed by atoms with Crippen LogP contribution in [0.2, 0.25) is 0 Å². The summed E-state index contributed by atoms with van der Waals surface area (Å²) >= 11 is 0. The van der Waals surface area contributed by atoms with E-state index in [2.05, 4.69) is 0 Å². The maximum Gasteiger partial charge on any atom is 0.262 e. The number of hydrogen-bond donors (Lipinski definition) is 1. The molecule has 4 nitrogen and oxygen atoms in total. The largest absolute Gasteiger partial charge is 0.287 e. The predicted molar refractivity (Wildman–Crippen MR) is 62.2 cm³/mol. The van der Waals surface area contributed by atoms with E-state index in [0.29, 0.717) is 5.56 Å². The van der Waals surface area contributed by atoms with Crippen molar-refractivity contribution in [3.8, 4) is 0 Å². The topological polar surface area (TPSA) is 55.4 Å². The molecule has 6 heteroatoms. The van der Waals surface area contributed by atoms with Gasteiger partial charge in [0.15, 0.2) is 0 Å². The minimum Gasteiger partial charge on any atom is -0.287 e. The number of sulfonamides is 1. The second-order valence-corrected chi connectivity index (χ2v) is 5.81. The van der Waals surface area contributed by atoms with Crippen molar-refractivity contribution in [1.82, 2.24) is 4.89 Å². The van der Waals surface area contributed by atoms with Gasteiger partial charge in [-0.25, -0.2) is 12.8 Å². The molecule has 0 fully saturated rings. The summed E-state index contributed by atoms with van der Waals surface area (Å²) < 4.78 is 36.6. The van der Waals surface area contributed by atoms with Gasteiger partial charge in [0.1, 0.15) is 5.82 Å². The van der Waals surface area contributed by atoms with Gasteiger partial charge in [0.2, 0.25) is 0 Å². The van der Waals surface area contributed by atoms with E-state index in [4.69, 9.17) is 4.84 Å². The van der Waals surface area contributed by atoms with Crippen LogP contribution in [0.4, 0.5) is 4.39 Å². The van der Waals surface area contributed by atoms with Gasteiger partial charge in [0, 0.05) is 0 Å². The molecule has 0 aliphatic carbocycles. The maximum absolute atomic E-state index is 13.0. The summed E-state index contributed by atoms with van der Waals surface area (Å²) in [6, 6.07) is 3.59. The van der Waals surface area contributed by atoms with Gasteiger partial charge in [-0.1, -0.05) is 24.8 Å². The molecule has 1 N–H and O–H groups in total. The Hall–Kier alpha value is -0.980. The molecule has 0 aliphatic heterocycles. The van der Waals surface area contributed by atoms with Gasteiger partial charge < -0.3 is 0 Å². The summed E-state index contributed by atoms with van der Waals surface area (Å²) in [5.41, 5.74) is 0.465. The van der Waals surface area contributed by atoms with Gasteiger partial charge in [0.25, 0.3) is 10.0 Å². The van der Waals surface area contributed by atoms with E-state index >= 15 is 0 Å². The van der Waals surface area contributed by atoms with Crippen molar-refractivity contribution < 1.29 is 17.6 Å². The summed E-state index contributed by atoms with van der Waals surface area (Å²) in [5, 5.41) is 0. The van der Waals surface area contributed by atoms with Gasteiger partial charge in [-0.2, -0.15) is 0 Å². The van der Waals surface area contributed by atoms with Gasteiger partial charge in [0.05, 0.1) is 11.5 Å². The minimum absolute atomic E-state index is 0.110. The zero-order valence-corrected chi connectivity index (χ0v) is 10.8. The molecule has 17 heavy (non-hydrogen) atoms. The van der Waals surface area contributed by atoms with Crippen molar-refractivity contribution in [2.24, 2.45) is 5.92 Å². The number of aryl methyl sites for hydroxylation is 1. The summed E-state index contributed by atoms with van der Waals surface area (Å²) in [4.78, 5) is 6.72. The smallest absolute Gasteiger partial charge is 0.262 e. The third-order valence-corrected chi connectivity index (χ3v) is 3.38. The minimum atomic E-state index is -3.82. The molecule has 1 aromatic carbocycles. The van der Waals surface area contributed by atoms with Crippen LogP contribution in [0, 0.1) is 18.7 Å². The standard InChI is InChI=1S/C11H16FNO3S/c1-8(2)7-16-13-17(14,15)11-6-10(12)5-4-9(11)3/h4-6,8,13H,7H2,1-3H3. The highest BCUT2D eigenvalue weighted by atomic mass is 32.2. The van der Waals surface area contributed by atoms with E-state index in [1.54, 1.807) is 6.92 Å². The maximum atomic E-state index is 13.0. The van der Waals surface area contributed by atoms with Crippen molar-refractivity contribution in [3.05, 3.63) is 29.6 Å². The average Bonchev–Trinajstić information content (AvgIpc) is 2.20. The molecule has 0 atom stereocenters. The molecule has 0 heterocycles. The Morgan fingerprint density at radius 3 is 2.65 bits per heavy atom. The van der Waals surface area contributed by atoms with Crippen LogP contribution < -0.4 is 4.89 Å². The van der Waals surface area contributed by atoms with Crippen molar-refractivity contribution >= 4 is 10.0 Å². The van der Waals surface area contributed by atoms with Gasteiger partial charge in [-0.3, -0.25) is 4.84 Å². The number of benzene rings is 1. The van der Waals surface area contributed by atoms with Gasteiger partial charge in [-0.05, 0) is 30.5 Å². The highest BCUT2D eigenvalue weighted by molar-refractivity contribution is 7.89. The Bertz CT molecular complexity index is 485. The molecule has 0 spiro atoms. The molecule has 96 valence electrons. The van der Waals surface area contributed by atoms with Crippen LogP contribution in [0.1, 0.15) is 19.4 Å². The van der Waals surface area contributed by atoms with Crippen LogP contribution in [-0.4, -0.2) is 15.0 Å². The average molecular weight is 261 g/mol. The first kappa shape index (κ1) is 14.1. The quantitative estimate of drug-likeness (QED) is 0.825. The first-order valence-electron chi connectivity index (χ1n) is 5.22. The fourth-order valence-corrected chi connectivity index (χ4v) is 2.26. The van der Waals surface area contributed by atoms with Crippen LogP contribution in [0.3, 0.4) is 0 Å². The lowest BCUT2D eigenvalue weighted by Gasteiger charge is -2.10. The third kappa shape index (κ3) is 4.07. The molecule has 0 unspecified atom stereocenters. The first-order valence-corrected chi connectivity index (χ1v) is 6.71. The number of rotatable bonds is 5. The van der Waals surface area contributed by atoms with E-state index in [9.17, 15) is 12.8 Å². The Morgan fingerprint density at radius 2 is 2.06 bits per heavy atom. The molecule has 0 radical (unpaired) electrons. The van der Waals surface area contributed by atoms with E-state index in [-0.39, 0.29) is 17.4 Å². The van der Waals surface area contributed by atoms with Crippen LogP contribution in [-0.2, 0) is 14.9 Å². The molecular formula is C11H16FNO3S. The summed E-state index contributed by atoms with van der Waals surface area (Å²) in [7, 11) is -3.82. The molecule has 0 aromatic heterocycles.